The lowest BCUT2D eigenvalue weighted by Crippen LogP contribution is -2.53. The largest absolute Gasteiger partial charge is 0.465 e. The Morgan fingerprint density at radius 2 is 1.02 bits per heavy atom. The zero-order valence-corrected chi connectivity index (χ0v) is 34.8. The van der Waals surface area contributed by atoms with Crippen LogP contribution in [-0.2, 0) is 38.6 Å². The van der Waals surface area contributed by atoms with Gasteiger partial charge in [0.25, 0.3) is 0 Å². The summed E-state index contributed by atoms with van der Waals surface area (Å²) < 4.78 is 0. The summed E-state index contributed by atoms with van der Waals surface area (Å²) in [6.07, 6.45) is 0.455. The molecule has 7 unspecified atom stereocenters. The fourth-order valence-corrected chi connectivity index (χ4v) is 6.71. The minimum Gasteiger partial charge on any atom is -0.465 e. The summed E-state index contributed by atoms with van der Waals surface area (Å²) >= 11 is 0. The van der Waals surface area contributed by atoms with Crippen LogP contribution in [0, 0.1) is 17.8 Å². The molecule has 5 amide bonds. The first-order chi connectivity index (χ1) is 28.1. The molecule has 0 bridgehead atoms. The van der Waals surface area contributed by atoms with E-state index in [0.29, 0.717) is 32.2 Å². The minimum absolute atomic E-state index is 0.0329. The van der Waals surface area contributed by atoms with Crippen LogP contribution in [-0.4, -0.2) is 81.4 Å². The number of amides is 5. The van der Waals surface area contributed by atoms with Gasteiger partial charge in [0.1, 0.15) is 6.04 Å². The van der Waals surface area contributed by atoms with Crippen molar-refractivity contribution in [2.24, 2.45) is 17.8 Å². The second-order valence-electron chi connectivity index (χ2n) is 16.0. The average molecular weight is 814 g/mol. The number of rotatable bonds is 24. The molecule has 0 aliphatic carbocycles. The number of nitrogens with one attached hydrogen (secondary N) is 5. The second-order valence-corrected chi connectivity index (χ2v) is 16.0. The highest BCUT2D eigenvalue weighted by Crippen LogP contribution is 2.17. The Bertz CT molecular complexity index is 1770. The highest BCUT2D eigenvalue weighted by atomic mass is 16.4. The molecule has 320 valence electrons. The van der Waals surface area contributed by atoms with Crippen molar-refractivity contribution in [3.05, 3.63) is 120 Å². The van der Waals surface area contributed by atoms with Crippen LogP contribution in [0.4, 0.5) is 4.79 Å². The van der Waals surface area contributed by atoms with Crippen molar-refractivity contribution in [3.63, 3.8) is 0 Å². The molecule has 3 aromatic carbocycles. The third-order valence-electron chi connectivity index (χ3n) is 9.75. The lowest BCUT2D eigenvalue weighted by atomic mass is 9.93. The summed E-state index contributed by atoms with van der Waals surface area (Å²) in [6, 6.07) is 24.9. The second kappa shape index (κ2) is 25.1. The van der Waals surface area contributed by atoms with Gasteiger partial charge in [0.05, 0.1) is 49.1 Å². The summed E-state index contributed by atoms with van der Waals surface area (Å²) in [7, 11) is 0. The van der Waals surface area contributed by atoms with Gasteiger partial charge in [-0.1, -0.05) is 131 Å². The molecule has 0 fully saturated rings. The number of carbonyl (C=O) groups is 5. The van der Waals surface area contributed by atoms with Gasteiger partial charge in [-0.05, 0) is 61.1 Å². The quantitative estimate of drug-likeness (QED) is 0.0596. The molecule has 0 aromatic heterocycles. The van der Waals surface area contributed by atoms with E-state index in [-0.39, 0.29) is 24.2 Å². The van der Waals surface area contributed by atoms with Crippen molar-refractivity contribution in [2.45, 2.75) is 116 Å². The maximum atomic E-state index is 14.0. The maximum absolute atomic E-state index is 14.0. The molecule has 0 radical (unpaired) electrons. The number of carboxylic acid groups (broad SMARTS) is 1. The maximum Gasteiger partial charge on any atom is 0.405 e. The van der Waals surface area contributed by atoms with Gasteiger partial charge in [-0.2, -0.15) is 0 Å². The highest BCUT2D eigenvalue weighted by Gasteiger charge is 2.30. The molecule has 13 nitrogen and oxygen atoms in total. The molecule has 3 rings (SSSR count). The topological polar surface area (TPSA) is 206 Å². The van der Waals surface area contributed by atoms with Gasteiger partial charge in [-0.3, -0.25) is 19.2 Å². The molecular formula is C46H63N5O8. The Morgan fingerprint density at radius 1 is 0.559 bits per heavy atom. The van der Waals surface area contributed by atoms with Gasteiger partial charge in [0.2, 0.25) is 23.6 Å². The van der Waals surface area contributed by atoms with Crippen molar-refractivity contribution in [3.8, 4) is 0 Å². The molecule has 0 spiro atoms. The molecule has 8 N–H and O–H groups in total. The van der Waals surface area contributed by atoms with E-state index in [1.165, 1.54) is 6.92 Å². The normalized spacial score (nSPS) is 15.0. The van der Waals surface area contributed by atoms with Crippen molar-refractivity contribution < 1.29 is 39.3 Å². The molecule has 3 aromatic rings. The van der Waals surface area contributed by atoms with E-state index in [4.69, 9.17) is 0 Å². The van der Waals surface area contributed by atoms with Crippen molar-refractivity contribution >= 4 is 29.7 Å². The van der Waals surface area contributed by atoms with Gasteiger partial charge < -0.3 is 41.9 Å². The molecule has 0 saturated heterocycles. The minimum atomic E-state index is -1.30. The zero-order valence-electron chi connectivity index (χ0n) is 34.8. The lowest BCUT2D eigenvalue weighted by Gasteiger charge is -2.28. The lowest BCUT2D eigenvalue weighted by molar-refractivity contribution is -0.131. The van der Waals surface area contributed by atoms with Crippen LogP contribution < -0.4 is 26.6 Å². The van der Waals surface area contributed by atoms with Crippen molar-refractivity contribution in [2.75, 3.05) is 0 Å². The Morgan fingerprint density at radius 3 is 1.51 bits per heavy atom. The molecule has 13 heteroatoms. The predicted molar refractivity (Wildman–Crippen MR) is 228 cm³/mol. The van der Waals surface area contributed by atoms with Crippen LogP contribution >= 0.6 is 0 Å². The third kappa shape index (κ3) is 18.7. The van der Waals surface area contributed by atoms with Crippen LogP contribution in [0.5, 0.6) is 0 Å². The first-order valence-corrected chi connectivity index (χ1v) is 20.4. The van der Waals surface area contributed by atoms with Crippen LogP contribution in [0.1, 0.15) is 77.0 Å². The molecule has 0 heterocycles. The first-order valence-electron chi connectivity index (χ1n) is 20.4. The van der Waals surface area contributed by atoms with Crippen LogP contribution in [0.15, 0.2) is 103 Å². The molecule has 59 heavy (non-hydrogen) atoms. The molecule has 0 aliphatic rings. The summed E-state index contributed by atoms with van der Waals surface area (Å²) in [6.45, 7) is 9.52. The monoisotopic (exact) mass is 813 g/mol. The Hall–Kier alpha value is -5.53. The average Bonchev–Trinajstić information content (AvgIpc) is 3.18. The standard InChI is InChI=1S/C46H63N5O8/c1-30(2)23-38(40(52)27-42(54)47-29-35-19-13-8-14-20-35)50-44(56)32(5)48-43(55)28-41(53)39(24-31(3)4)51-45(57)36(25-33-15-9-6-10-16-33)21-22-37(49-46(58)59)26-34-17-11-7-12-18-34/h6-22,30-32,36-41,49,52-53H,23-29H2,1-5H3,(H,47,54)(H,48,55)(H,50,56)(H,51,57)(H,58,59)/b22-21+. The van der Waals surface area contributed by atoms with E-state index in [0.717, 1.165) is 16.7 Å². The molecule has 0 saturated carbocycles. The van der Waals surface area contributed by atoms with Gasteiger partial charge in [-0.15, -0.1) is 0 Å². The predicted octanol–water partition coefficient (Wildman–Crippen LogP) is 4.67. The van der Waals surface area contributed by atoms with Crippen LogP contribution in [0.3, 0.4) is 0 Å². The fourth-order valence-electron chi connectivity index (χ4n) is 6.71. The van der Waals surface area contributed by atoms with Crippen LogP contribution in [0.2, 0.25) is 0 Å². The van der Waals surface area contributed by atoms with Gasteiger partial charge in [0.15, 0.2) is 0 Å². The number of carbonyl (C=O) groups excluding carboxylic acids is 4. The van der Waals surface area contributed by atoms with E-state index in [1.807, 2.05) is 119 Å². The number of hydrogen-bond acceptors (Lipinski definition) is 7. The van der Waals surface area contributed by atoms with E-state index >= 15 is 0 Å². The Labute approximate surface area is 348 Å². The van der Waals surface area contributed by atoms with Crippen molar-refractivity contribution in [1.29, 1.82) is 0 Å². The molecule has 0 aliphatic heterocycles. The van der Waals surface area contributed by atoms with Gasteiger partial charge in [-0.25, -0.2) is 4.79 Å². The number of aliphatic hydroxyl groups is 2. The van der Waals surface area contributed by atoms with Gasteiger partial charge >= 0.3 is 6.09 Å². The first kappa shape index (κ1) is 47.8. The Balaban J connectivity index is 1.66. The van der Waals surface area contributed by atoms with Crippen LogP contribution in [0.25, 0.3) is 0 Å². The zero-order chi connectivity index (χ0) is 43.3. The van der Waals surface area contributed by atoms with E-state index < -0.39 is 72.5 Å². The summed E-state index contributed by atoms with van der Waals surface area (Å²) in [5.41, 5.74) is 2.71. The van der Waals surface area contributed by atoms with Crippen molar-refractivity contribution in [1.82, 2.24) is 26.6 Å². The fraction of sp³-hybridized carbons (Fsp3) is 0.457. The third-order valence-corrected chi connectivity index (χ3v) is 9.75. The van der Waals surface area contributed by atoms with E-state index in [1.54, 1.807) is 12.2 Å². The molecule has 7 atom stereocenters. The van der Waals surface area contributed by atoms with Gasteiger partial charge in [0, 0.05) is 6.54 Å². The number of aliphatic hydroxyl groups excluding tert-OH is 2. The van der Waals surface area contributed by atoms with E-state index in [2.05, 4.69) is 26.6 Å². The molecular weight excluding hydrogens is 751 g/mol. The number of hydrogen-bond donors (Lipinski definition) is 8. The highest BCUT2D eigenvalue weighted by molar-refractivity contribution is 5.88. The van der Waals surface area contributed by atoms with E-state index in [9.17, 15) is 39.3 Å². The SMILES string of the molecule is CC(C)CC(NC(=O)C(/C=C/C(Cc1ccccc1)NC(=O)O)Cc1ccccc1)C(O)CC(=O)NC(C)C(=O)NC(CC(C)C)C(O)CC(=O)NCc1ccccc1. The summed E-state index contributed by atoms with van der Waals surface area (Å²) in [5, 5.41) is 45.5. The number of benzene rings is 3. The summed E-state index contributed by atoms with van der Waals surface area (Å²) in [4.78, 5) is 64.8. The summed E-state index contributed by atoms with van der Waals surface area (Å²) in [5.74, 6) is -2.58. The Kier molecular flexibility index (Phi) is 20.3. The smallest absolute Gasteiger partial charge is 0.405 e.